The largest absolute Gasteiger partial charge is 0.370 e. The van der Waals surface area contributed by atoms with E-state index in [9.17, 15) is 14.0 Å². The molecule has 0 radical (unpaired) electrons. The van der Waals surface area contributed by atoms with E-state index in [1.54, 1.807) is 0 Å². The van der Waals surface area contributed by atoms with Crippen LogP contribution in [-0.4, -0.2) is 11.8 Å². The van der Waals surface area contributed by atoms with Gasteiger partial charge >= 0.3 is 0 Å². The van der Waals surface area contributed by atoms with Crippen molar-refractivity contribution in [2.45, 2.75) is 12.3 Å². The number of benzene rings is 1. The highest BCUT2D eigenvalue weighted by molar-refractivity contribution is 5.88. The molecule has 4 N–H and O–H groups in total. The van der Waals surface area contributed by atoms with Crippen molar-refractivity contribution in [3.05, 3.63) is 35.6 Å². The van der Waals surface area contributed by atoms with Gasteiger partial charge in [0.2, 0.25) is 11.8 Å². The van der Waals surface area contributed by atoms with Crippen LogP contribution in [0.3, 0.4) is 0 Å². The van der Waals surface area contributed by atoms with Gasteiger partial charge < -0.3 is 11.5 Å². The van der Waals surface area contributed by atoms with Crippen LogP contribution < -0.4 is 11.5 Å². The zero-order chi connectivity index (χ0) is 11.4. The van der Waals surface area contributed by atoms with Crippen molar-refractivity contribution in [1.82, 2.24) is 0 Å². The van der Waals surface area contributed by atoms with Gasteiger partial charge in [-0.3, -0.25) is 9.59 Å². The molecule has 0 aliphatic heterocycles. The molecule has 2 amide bonds. The average Bonchev–Trinajstić information content (AvgIpc) is 2.15. The van der Waals surface area contributed by atoms with Crippen LogP contribution in [-0.2, 0) is 9.59 Å². The topological polar surface area (TPSA) is 86.2 Å². The third-order valence-corrected chi connectivity index (χ3v) is 2.02. The Hall–Kier alpha value is -1.91. The van der Waals surface area contributed by atoms with Gasteiger partial charge in [0.25, 0.3) is 0 Å². The van der Waals surface area contributed by atoms with Crippen molar-refractivity contribution in [3.8, 4) is 0 Å². The van der Waals surface area contributed by atoms with Crippen LogP contribution >= 0.6 is 0 Å². The molecule has 1 aromatic carbocycles. The summed E-state index contributed by atoms with van der Waals surface area (Å²) in [6.07, 6.45) is -0.166. The first-order chi connectivity index (χ1) is 7.00. The highest BCUT2D eigenvalue weighted by Crippen LogP contribution is 2.19. The molecule has 0 bridgehead atoms. The van der Waals surface area contributed by atoms with Gasteiger partial charge in [0.1, 0.15) is 5.82 Å². The molecule has 0 saturated heterocycles. The maximum Gasteiger partial charge on any atom is 0.225 e. The number of primary amides is 2. The molecule has 0 fully saturated rings. The highest BCUT2D eigenvalue weighted by Gasteiger charge is 2.19. The lowest BCUT2D eigenvalue weighted by Crippen LogP contribution is -2.26. The Balaban J connectivity index is 2.94. The van der Waals surface area contributed by atoms with Gasteiger partial charge in [0, 0.05) is 6.42 Å². The van der Waals surface area contributed by atoms with E-state index in [1.165, 1.54) is 24.3 Å². The minimum atomic E-state index is -0.789. The predicted molar refractivity (Wildman–Crippen MR) is 52.1 cm³/mol. The summed E-state index contributed by atoms with van der Waals surface area (Å²) < 4.78 is 12.6. The van der Waals surface area contributed by atoms with Crippen LogP contribution in [0.2, 0.25) is 0 Å². The summed E-state index contributed by atoms with van der Waals surface area (Å²) in [5, 5.41) is 0. The Morgan fingerprint density at radius 3 is 2.13 bits per heavy atom. The van der Waals surface area contributed by atoms with Crippen LogP contribution in [0, 0.1) is 5.82 Å². The Kier molecular flexibility index (Phi) is 3.38. The van der Waals surface area contributed by atoms with E-state index in [2.05, 4.69) is 0 Å². The van der Waals surface area contributed by atoms with Gasteiger partial charge in [-0.15, -0.1) is 0 Å². The van der Waals surface area contributed by atoms with E-state index in [4.69, 9.17) is 11.5 Å². The van der Waals surface area contributed by atoms with Gasteiger partial charge in [-0.25, -0.2) is 4.39 Å². The van der Waals surface area contributed by atoms with E-state index in [-0.39, 0.29) is 6.42 Å². The number of carbonyl (C=O) groups excluding carboxylic acids is 2. The predicted octanol–water partition coefficient (Wildman–Crippen LogP) is 0.270. The highest BCUT2D eigenvalue weighted by atomic mass is 19.1. The molecule has 0 saturated carbocycles. The van der Waals surface area contributed by atoms with Crippen molar-refractivity contribution in [3.63, 3.8) is 0 Å². The van der Waals surface area contributed by atoms with Crippen LogP contribution in [0.4, 0.5) is 4.39 Å². The molecule has 0 aliphatic carbocycles. The van der Waals surface area contributed by atoms with E-state index >= 15 is 0 Å². The molecular weight excluding hydrogens is 199 g/mol. The maximum atomic E-state index is 12.6. The Morgan fingerprint density at radius 2 is 1.73 bits per heavy atom. The fourth-order valence-corrected chi connectivity index (χ4v) is 1.28. The van der Waals surface area contributed by atoms with Gasteiger partial charge in [-0.05, 0) is 17.7 Å². The van der Waals surface area contributed by atoms with Gasteiger partial charge in [0.15, 0.2) is 0 Å². The number of carbonyl (C=O) groups is 2. The van der Waals surface area contributed by atoms with Crippen molar-refractivity contribution < 1.29 is 14.0 Å². The molecule has 5 heteroatoms. The second-order valence-electron chi connectivity index (χ2n) is 3.18. The van der Waals surface area contributed by atoms with Crippen molar-refractivity contribution in [1.29, 1.82) is 0 Å². The monoisotopic (exact) mass is 210 g/mol. The molecule has 4 nitrogen and oxygen atoms in total. The molecule has 1 aromatic rings. The molecule has 15 heavy (non-hydrogen) atoms. The standard InChI is InChI=1S/C10H11FN2O2/c11-7-3-1-6(2-4-7)8(10(13)15)5-9(12)14/h1-4,8H,5H2,(H2,12,14)(H2,13,15)/t8-/m0/s1. The summed E-state index contributed by atoms with van der Waals surface area (Å²) in [6.45, 7) is 0. The summed E-state index contributed by atoms with van der Waals surface area (Å²) in [5.74, 6) is -2.48. The zero-order valence-corrected chi connectivity index (χ0v) is 7.94. The summed E-state index contributed by atoms with van der Waals surface area (Å²) in [5.41, 5.74) is 10.6. The van der Waals surface area contributed by atoms with E-state index in [0.29, 0.717) is 5.56 Å². The Morgan fingerprint density at radius 1 is 1.20 bits per heavy atom. The average molecular weight is 210 g/mol. The lowest BCUT2D eigenvalue weighted by Gasteiger charge is -2.11. The zero-order valence-electron chi connectivity index (χ0n) is 7.94. The summed E-state index contributed by atoms with van der Waals surface area (Å²) in [6, 6.07) is 5.22. The maximum absolute atomic E-state index is 12.6. The van der Waals surface area contributed by atoms with E-state index < -0.39 is 23.5 Å². The summed E-state index contributed by atoms with van der Waals surface area (Å²) in [4.78, 5) is 21.7. The fraction of sp³-hybridized carbons (Fsp3) is 0.200. The minimum absolute atomic E-state index is 0.166. The van der Waals surface area contributed by atoms with Gasteiger partial charge in [-0.1, -0.05) is 12.1 Å². The second kappa shape index (κ2) is 4.54. The third-order valence-electron chi connectivity index (χ3n) is 2.02. The molecule has 0 spiro atoms. The molecular formula is C10H11FN2O2. The van der Waals surface area contributed by atoms with Crippen LogP contribution in [0.15, 0.2) is 24.3 Å². The van der Waals surface area contributed by atoms with Gasteiger partial charge in [-0.2, -0.15) is 0 Å². The first-order valence-electron chi connectivity index (χ1n) is 4.34. The number of hydrogen-bond acceptors (Lipinski definition) is 2. The second-order valence-corrected chi connectivity index (χ2v) is 3.18. The van der Waals surface area contributed by atoms with Gasteiger partial charge in [0.05, 0.1) is 5.92 Å². The van der Waals surface area contributed by atoms with Crippen LogP contribution in [0.25, 0.3) is 0 Å². The summed E-state index contributed by atoms with van der Waals surface area (Å²) in [7, 11) is 0. The number of halogens is 1. The Labute approximate surface area is 86.1 Å². The number of nitrogens with two attached hydrogens (primary N) is 2. The quantitative estimate of drug-likeness (QED) is 0.747. The molecule has 80 valence electrons. The fourth-order valence-electron chi connectivity index (χ4n) is 1.28. The molecule has 0 unspecified atom stereocenters. The minimum Gasteiger partial charge on any atom is -0.370 e. The normalized spacial score (nSPS) is 12.1. The molecule has 0 aliphatic rings. The van der Waals surface area contributed by atoms with E-state index in [1.807, 2.05) is 0 Å². The van der Waals surface area contributed by atoms with Crippen LogP contribution in [0.5, 0.6) is 0 Å². The first kappa shape index (κ1) is 11.2. The van der Waals surface area contributed by atoms with Crippen molar-refractivity contribution >= 4 is 11.8 Å². The molecule has 0 heterocycles. The number of amides is 2. The third kappa shape index (κ3) is 3.05. The molecule has 1 rings (SSSR count). The summed E-state index contributed by atoms with van der Waals surface area (Å²) >= 11 is 0. The first-order valence-corrected chi connectivity index (χ1v) is 4.34. The lowest BCUT2D eigenvalue weighted by molar-refractivity contribution is -0.124. The van der Waals surface area contributed by atoms with Crippen molar-refractivity contribution in [2.24, 2.45) is 11.5 Å². The lowest BCUT2D eigenvalue weighted by atomic mass is 9.95. The van der Waals surface area contributed by atoms with E-state index in [0.717, 1.165) is 0 Å². The number of hydrogen-bond donors (Lipinski definition) is 2. The number of rotatable bonds is 4. The smallest absolute Gasteiger partial charge is 0.225 e. The van der Waals surface area contributed by atoms with Crippen molar-refractivity contribution in [2.75, 3.05) is 0 Å². The molecule has 1 atom stereocenters. The SMILES string of the molecule is NC(=O)C[C@H](C(N)=O)c1ccc(F)cc1. The Bertz CT molecular complexity index is 376. The molecule has 0 aromatic heterocycles. The van der Waals surface area contributed by atoms with Crippen LogP contribution in [0.1, 0.15) is 17.9 Å².